The summed E-state index contributed by atoms with van der Waals surface area (Å²) in [5.41, 5.74) is -0.798. The van der Waals surface area contributed by atoms with Gasteiger partial charge in [0.05, 0.1) is 10.9 Å². The summed E-state index contributed by atoms with van der Waals surface area (Å²) in [5, 5.41) is 2.94. The summed E-state index contributed by atoms with van der Waals surface area (Å²) in [6.07, 6.45) is 5.69. The smallest absolute Gasteiger partial charge is 0.327 e. The molecule has 0 aliphatic carbocycles. The van der Waals surface area contributed by atoms with Crippen LogP contribution in [-0.2, 0) is 6.54 Å². The van der Waals surface area contributed by atoms with Crippen LogP contribution in [0.25, 0.3) is 11.0 Å². The number of aromatic nitrogens is 5. The molecule has 0 bridgehead atoms. The molecule has 0 saturated heterocycles. The van der Waals surface area contributed by atoms with Crippen LogP contribution in [0, 0.1) is 6.92 Å². The van der Waals surface area contributed by atoms with Crippen LogP contribution >= 0.6 is 0 Å². The maximum absolute atomic E-state index is 12.1. The largest absolute Gasteiger partial charge is 0.352 e. The normalized spacial score (nSPS) is 10.9. The third kappa shape index (κ3) is 3.24. The number of hydrogen-bond donors (Lipinski definition) is 3. The highest BCUT2D eigenvalue weighted by atomic mass is 16.2. The minimum Gasteiger partial charge on any atom is -0.352 e. The second-order valence-electron chi connectivity index (χ2n) is 5.31. The Morgan fingerprint density at radius 3 is 2.88 bits per heavy atom. The van der Waals surface area contributed by atoms with Crippen LogP contribution in [0.2, 0.25) is 0 Å². The third-order valence-electron chi connectivity index (χ3n) is 3.64. The molecule has 0 saturated carbocycles. The number of nitrogens with one attached hydrogen (secondary N) is 3. The van der Waals surface area contributed by atoms with Gasteiger partial charge in [0.1, 0.15) is 11.5 Å². The number of H-pyrrole nitrogens is 2. The Hall–Kier alpha value is -3.23. The van der Waals surface area contributed by atoms with Gasteiger partial charge in [-0.2, -0.15) is 0 Å². The van der Waals surface area contributed by atoms with E-state index in [0.29, 0.717) is 6.54 Å². The molecule has 3 aromatic heterocycles. The molecule has 9 nitrogen and oxygen atoms in total. The summed E-state index contributed by atoms with van der Waals surface area (Å²) < 4.78 is 2.00. The Morgan fingerprint density at radius 1 is 1.29 bits per heavy atom. The number of amides is 1. The van der Waals surface area contributed by atoms with Crippen molar-refractivity contribution in [2.45, 2.75) is 19.9 Å². The van der Waals surface area contributed by atoms with Gasteiger partial charge in [-0.05, 0) is 19.4 Å². The molecule has 124 valence electrons. The molecule has 0 aromatic carbocycles. The van der Waals surface area contributed by atoms with Crippen LogP contribution in [0.3, 0.4) is 0 Å². The van der Waals surface area contributed by atoms with E-state index in [0.717, 1.165) is 18.8 Å². The quantitative estimate of drug-likeness (QED) is 0.566. The van der Waals surface area contributed by atoms with Crippen LogP contribution in [-0.4, -0.2) is 37.0 Å². The zero-order valence-electron chi connectivity index (χ0n) is 13.0. The van der Waals surface area contributed by atoms with Crippen molar-refractivity contribution in [1.82, 2.24) is 29.8 Å². The Balaban J connectivity index is 1.65. The molecule has 0 spiro atoms. The first kappa shape index (κ1) is 15.7. The molecule has 3 N–H and O–H groups in total. The Kier molecular flexibility index (Phi) is 4.23. The van der Waals surface area contributed by atoms with E-state index in [1.165, 1.54) is 12.3 Å². The molecule has 1 amide bonds. The summed E-state index contributed by atoms with van der Waals surface area (Å²) in [4.78, 5) is 47.7. The van der Waals surface area contributed by atoms with E-state index in [1.54, 1.807) is 6.20 Å². The molecule has 24 heavy (non-hydrogen) atoms. The van der Waals surface area contributed by atoms with E-state index in [2.05, 4.69) is 25.3 Å². The minimum absolute atomic E-state index is 0.149. The first-order chi connectivity index (χ1) is 11.5. The summed E-state index contributed by atoms with van der Waals surface area (Å²) >= 11 is 0. The van der Waals surface area contributed by atoms with Crippen molar-refractivity contribution in [3.63, 3.8) is 0 Å². The molecule has 0 unspecified atom stereocenters. The Morgan fingerprint density at radius 2 is 2.12 bits per heavy atom. The molecule has 3 aromatic rings. The van der Waals surface area contributed by atoms with Crippen molar-refractivity contribution in [2.24, 2.45) is 0 Å². The number of imidazole rings is 1. The molecule has 0 aliphatic heterocycles. The van der Waals surface area contributed by atoms with Crippen molar-refractivity contribution in [1.29, 1.82) is 0 Å². The first-order valence-electron chi connectivity index (χ1n) is 7.43. The fourth-order valence-electron chi connectivity index (χ4n) is 2.36. The van der Waals surface area contributed by atoms with Crippen LogP contribution in [0.1, 0.15) is 22.6 Å². The lowest BCUT2D eigenvalue weighted by Gasteiger charge is -2.07. The van der Waals surface area contributed by atoms with Gasteiger partial charge in [0.15, 0.2) is 0 Å². The standard InChI is InChI=1S/C15H16N6O3/c1-9-16-4-6-21(9)5-2-3-17-13(22)10-7-11-12(18-8-10)19-15(24)20-14(11)23/h4,6-8H,2-3,5H2,1H3,(H,17,22)(H2,18,19,20,23,24). The number of rotatable bonds is 5. The summed E-state index contributed by atoms with van der Waals surface area (Å²) in [6, 6.07) is 1.41. The van der Waals surface area contributed by atoms with Gasteiger partial charge in [0.25, 0.3) is 11.5 Å². The lowest BCUT2D eigenvalue weighted by atomic mass is 10.2. The highest BCUT2D eigenvalue weighted by molar-refractivity contribution is 5.96. The molecule has 0 radical (unpaired) electrons. The van der Waals surface area contributed by atoms with Crippen LogP contribution in [0.4, 0.5) is 0 Å². The Labute approximate surface area is 135 Å². The summed E-state index contributed by atoms with van der Waals surface area (Å²) in [7, 11) is 0. The topological polar surface area (TPSA) is 126 Å². The van der Waals surface area contributed by atoms with E-state index >= 15 is 0 Å². The number of fused-ring (bicyclic) bond motifs is 1. The number of nitrogens with zero attached hydrogens (tertiary/aromatic N) is 3. The van der Waals surface area contributed by atoms with Gasteiger partial charge in [-0.1, -0.05) is 0 Å². The highest BCUT2D eigenvalue weighted by Crippen LogP contribution is 2.05. The van der Waals surface area contributed by atoms with Crippen LogP contribution < -0.4 is 16.6 Å². The van der Waals surface area contributed by atoms with E-state index < -0.39 is 11.2 Å². The molecule has 0 atom stereocenters. The number of pyridine rings is 1. The lowest BCUT2D eigenvalue weighted by Crippen LogP contribution is -2.27. The fourth-order valence-corrected chi connectivity index (χ4v) is 2.36. The Bertz CT molecular complexity index is 1000. The van der Waals surface area contributed by atoms with Gasteiger partial charge in [-0.25, -0.2) is 14.8 Å². The molecule has 3 rings (SSSR count). The number of carbonyl (C=O) groups is 1. The summed E-state index contributed by atoms with van der Waals surface area (Å²) in [6.45, 7) is 3.15. The van der Waals surface area contributed by atoms with Gasteiger partial charge in [0, 0.05) is 31.7 Å². The number of aromatic amines is 2. The molecule has 9 heteroatoms. The maximum Gasteiger partial charge on any atom is 0.327 e. The number of aryl methyl sites for hydroxylation is 2. The third-order valence-corrected chi connectivity index (χ3v) is 3.64. The van der Waals surface area contributed by atoms with E-state index in [1.807, 2.05) is 17.7 Å². The molecular weight excluding hydrogens is 312 g/mol. The van der Waals surface area contributed by atoms with Crippen molar-refractivity contribution < 1.29 is 4.79 Å². The molecule has 0 aliphatic rings. The predicted octanol–water partition coefficient (Wildman–Crippen LogP) is -0.0636. The van der Waals surface area contributed by atoms with Gasteiger partial charge >= 0.3 is 5.69 Å². The van der Waals surface area contributed by atoms with Crippen LogP contribution in [0.5, 0.6) is 0 Å². The number of carbonyl (C=O) groups excluding carboxylic acids is 1. The minimum atomic E-state index is -0.632. The van der Waals surface area contributed by atoms with E-state index in [4.69, 9.17) is 0 Å². The SMILES string of the molecule is Cc1nccn1CCCNC(=O)c1cnc2[nH]c(=O)[nH]c(=O)c2c1. The second-order valence-corrected chi connectivity index (χ2v) is 5.31. The first-order valence-corrected chi connectivity index (χ1v) is 7.43. The monoisotopic (exact) mass is 328 g/mol. The predicted molar refractivity (Wildman–Crippen MR) is 86.9 cm³/mol. The van der Waals surface area contributed by atoms with E-state index in [-0.39, 0.29) is 22.5 Å². The highest BCUT2D eigenvalue weighted by Gasteiger charge is 2.09. The van der Waals surface area contributed by atoms with Crippen molar-refractivity contribution >= 4 is 16.9 Å². The molecule has 3 heterocycles. The zero-order valence-corrected chi connectivity index (χ0v) is 13.0. The van der Waals surface area contributed by atoms with Gasteiger partial charge in [-0.3, -0.25) is 19.6 Å². The van der Waals surface area contributed by atoms with Gasteiger partial charge < -0.3 is 9.88 Å². The molecular formula is C15H16N6O3. The average Bonchev–Trinajstić information content (AvgIpc) is 2.96. The molecule has 0 fully saturated rings. The maximum atomic E-state index is 12.1. The fraction of sp³-hybridized carbons (Fsp3) is 0.267. The van der Waals surface area contributed by atoms with E-state index in [9.17, 15) is 14.4 Å². The van der Waals surface area contributed by atoms with Gasteiger partial charge in [-0.15, -0.1) is 0 Å². The second kappa shape index (κ2) is 6.49. The van der Waals surface area contributed by atoms with Gasteiger partial charge in [0.2, 0.25) is 0 Å². The van der Waals surface area contributed by atoms with Crippen molar-refractivity contribution in [3.8, 4) is 0 Å². The summed E-state index contributed by atoms with van der Waals surface area (Å²) in [5.74, 6) is 0.602. The van der Waals surface area contributed by atoms with Crippen LogP contribution in [0.15, 0.2) is 34.2 Å². The zero-order chi connectivity index (χ0) is 17.1. The number of hydrogen-bond acceptors (Lipinski definition) is 5. The van der Waals surface area contributed by atoms with Crippen molar-refractivity contribution in [2.75, 3.05) is 6.54 Å². The lowest BCUT2D eigenvalue weighted by molar-refractivity contribution is 0.0952. The van der Waals surface area contributed by atoms with Crippen molar-refractivity contribution in [3.05, 3.63) is 56.9 Å². The average molecular weight is 328 g/mol.